The molecule has 3 rings (SSSR count). The Kier molecular flexibility index (Phi) is 2.44. The molecule has 0 saturated carbocycles. The largest absolute Gasteiger partial charge is 0.384 e. The molecule has 0 bridgehead atoms. The highest BCUT2D eigenvalue weighted by atomic mass is 35.5. The predicted molar refractivity (Wildman–Crippen MR) is 61.4 cm³/mol. The third-order valence-corrected chi connectivity index (χ3v) is 3.07. The summed E-state index contributed by atoms with van der Waals surface area (Å²) in [6.45, 7) is 0.804. The Morgan fingerprint density at radius 1 is 1.41 bits per heavy atom. The van der Waals surface area contributed by atoms with Crippen molar-refractivity contribution in [2.75, 3.05) is 11.9 Å². The molecule has 5 nitrogen and oxygen atoms in total. The lowest BCUT2D eigenvalue weighted by Gasteiger charge is -2.21. The van der Waals surface area contributed by atoms with Crippen LogP contribution in [-0.2, 0) is 6.42 Å². The molecule has 0 fully saturated rings. The van der Waals surface area contributed by atoms with Crippen molar-refractivity contribution in [2.24, 2.45) is 0 Å². The van der Waals surface area contributed by atoms with Gasteiger partial charge >= 0.3 is 0 Å². The number of nitrogens with zero attached hydrogens (tertiary/aromatic N) is 3. The van der Waals surface area contributed by atoms with Crippen LogP contribution in [-0.4, -0.2) is 27.2 Å². The van der Waals surface area contributed by atoms with Crippen molar-refractivity contribution in [2.45, 2.75) is 12.8 Å². The Labute approximate surface area is 101 Å². The SMILES string of the molecule is Fc1c(Cl)cc2c(c1-c1nn[nH]n1)NCCC2. The van der Waals surface area contributed by atoms with Gasteiger partial charge in [0.15, 0.2) is 5.82 Å². The standard InChI is InChI=1S/C10H9ClFN5/c11-6-4-5-2-1-3-13-9(5)7(8(6)12)10-14-16-17-15-10/h4,13H,1-3H2,(H,14,15,16,17). The van der Waals surface area contributed by atoms with Crippen LogP contribution in [0.15, 0.2) is 6.07 Å². The van der Waals surface area contributed by atoms with Gasteiger partial charge in [-0.15, -0.1) is 10.2 Å². The fourth-order valence-corrected chi connectivity index (χ4v) is 2.27. The molecular formula is C10H9ClFN5. The molecule has 1 aromatic heterocycles. The second-order valence-electron chi connectivity index (χ2n) is 3.85. The van der Waals surface area contributed by atoms with Crippen LogP contribution in [0.4, 0.5) is 10.1 Å². The Bertz CT molecular complexity index is 554. The van der Waals surface area contributed by atoms with Crippen molar-refractivity contribution in [3.05, 3.63) is 22.5 Å². The number of hydrogen-bond donors (Lipinski definition) is 2. The molecule has 0 spiro atoms. The van der Waals surface area contributed by atoms with Crippen LogP contribution in [0.1, 0.15) is 12.0 Å². The summed E-state index contributed by atoms with van der Waals surface area (Å²) in [6, 6.07) is 1.65. The lowest BCUT2D eigenvalue weighted by Crippen LogP contribution is -2.14. The molecule has 17 heavy (non-hydrogen) atoms. The van der Waals surface area contributed by atoms with Gasteiger partial charge in [-0.3, -0.25) is 0 Å². The van der Waals surface area contributed by atoms with Gasteiger partial charge in [0, 0.05) is 6.54 Å². The number of rotatable bonds is 1. The lowest BCUT2D eigenvalue weighted by molar-refractivity contribution is 0.628. The normalized spacial score (nSPS) is 14.2. The Morgan fingerprint density at radius 3 is 3.06 bits per heavy atom. The highest BCUT2D eigenvalue weighted by Crippen LogP contribution is 2.37. The molecule has 0 aliphatic carbocycles. The zero-order valence-electron chi connectivity index (χ0n) is 8.80. The molecule has 2 aromatic rings. The van der Waals surface area contributed by atoms with Gasteiger partial charge in [-0.1, -0.05) is 11.6 Å². The molecule has 2 N–H and O–H groups in total. The van der Waals surface area contributed by atoms with E-state index < -0.39 is 5.82 Å². The minimum absolute atomic E-state index is 0.0900. The number of nitrogens with one attached hydrogen (secondary N) is 2. The highest BCUT2D eigenvalue weighted by Gasteiger charge is 2.23. The third-order valence-electron chi connectivity index (χ3n) is 2.79. The number of hydrogen-bond acceptors (Lipinski definition) is 4. The molecule has 0 unspecified atom stereocenters. The average molecular weight is 254 g/mol. The third kappa shape index (κ3) is 1.64. The summed E-state index contributed by atoms with van der Waals surface area (Å²) in [7, 11) is 0. The maximum Gasteiger partial charge on any atom is 0.209 e. The van der Waals surface area contributed by atoms with Crippen LogP contribution in [0.3, 0.4) is 0 Å². The van der Waals surface area contributed by atoms with Crippen molar-refractivity contribution < 1.29 is 4.39 Å². The first-order valence-corrected chi connectivity index (χ1v) is 5.63. The van der Waals surface area contributed by atoms with E-state index in [-0.39, 0.29) is 10.8 Å². The summed E-state index contributed by atoms with van der Waals surface area (Å²) in [5.41, 5.74) is 2.00. The smallest absolute Gasteiger partial charge is 0.209 e. The number of aromatic nitrogens is 4. The summed E-state index contributed by atoms with van der Waals surface area (Å²) in [4.78, 5) is 0. The minimum atomic E-state index is -0.513. The van der Waals surface area contributed by atoms with Gasteiger partial charge in [0.2, 0.25) is 5.82 Å². The molecule has 0 amide bonds. The predicted octanol–water partition coefficient (Wildman–Crippen LogP) is 2.02. The number of H-pyrrole nitrogens is 1. The van der Waals surface area contributed by atoms with E-state index in [1.807, 2.05) is 0 Å². The van der Waals surface area contributed by atoms with E-state index in [9.17, 15) is 4.39 Å². The molecule has 0 atom stereocenters. The van der Waals surface area contributed by atoms with Gasteiger partial charge in [-0.25, -0.2) is 4.39 Å². The Balaban J connectivity index is 2.28. The molecule has 1 aromatic carbocycles. The summed E-state index contributed by atoms with van der Waals surface area (Å²) in [5.74, 6) is -0.295. The zero-order valence-corrected chi connectivity index (χ0v) is 9.55. The van der Waals surface area contributed by atoms with E-state index in [2.05, 4.69) is 25.9 Å². The van der Waals surface area contributed by atoms with E-state index in [0.29, 0.717) is 5.56 Å². The van der Waals surface area contributed by atoms with Gasteiger partial charge in [-0.2, -0.15) is 5.21 Å². The topological polar surface area (TPSA) is 66.5 Å². The second-order valence-corrected chi connectivity index (χ2v) is 4.25. The van der Waals surface area contributed by atoms with Crippen LogP contribution in [0.2, 0.25) is 5.02 Å². The summed E-state index contributed by atoms with van der Waals surface area (Å²) in [6.07, 6.45) is 1.87. The van der Waals surface area contributed by atoms with Gasteiger partial charge in [0.25, 0.3) is 0 Å². The van der Waals surface area contributed by atoms with Gasteiger partial charge in [0.1, 0.15) is 0 Å². The Hall–Kier alpha value is -1.69. The second kappa shape index (κ2) is 3.96. The van der Waals surface area contributed by atoms with Crippen molar-refractivity contribution in [1.82, 2.24) is 20.6 Å². The van der Waals surface area contributed by atoms with E-state index >= 15 is 0 Å². The van der Waals surface area contributed by atoms with E-state index in [0.717, 1.165) is 30.6 Å². The van der Waals surface area contributed by atoms with Crippen LogP contribution in [0.5, 0.6) is 0 Å². The van der Waals surface area contributed by atoms with Gasteiger partial charge in [0.05, 0.1) is 16.3 Å². The fraction of sp³-hybridized carbons (Fsp3) is 0.300. The first-order chi connectivity index (χ1) is 8.27. The summed E-state index contributed by atoms with van der Waals surface area (Å²) < 4.78 is 14.1. The zero-order chi connectivity index (χ0) is 11.8. The quantitative estimate of drug-likeness (QED) is 0.816. The number of tetrazole rings is 1. The number of aromatic amines is 1. The summed E-state index contributed by atoms with van der Waals surface area (Å²) >= 11 is 5.88. The van der Waals surface area contributed by atoms with Crippen LogP contribution < -0.4 is 5.32 Å². The number of fused-ring (bicyclic) bond motifs is 1. The maximum absolute atomic E-state index is 14.1. The monoisotopic (exact) mass is 253 g/mol. The fourth-order valence-electron chi connectivity index (χ4n) is 2.05. The molecule has 0 radical (unpaired) electrons. The molecule has 88 valence electrons. The van der Waals surface area contributed by atoms with Crippen molar-refractivity contribution in [1.29, 1.82) is 0 Å². The van der Waals surface area contributed by atoms with Crippen molar-refractivity contribution in [3.8, 4) is 11.4 Å². The number of halogens is 2. The number of aryl methyl sites for hydroxylation is 1. The number of anilines is 1. The van der Waals surface area contributed by atoms with E-state index in [1.54, 1.807) is 6.07 Å². The first kappa shape index (κ1) is 10.5. The molecule has 1 aliphatic heterocycles. The molecule has 1 aliphatic rings. The highest BCUT2D eigenvalue weighted by molar-refractivity contribution is 6.31. The molecular weight excluding hydrogens is 245 g/mol. The number of benzene rings is 1. The summed E-state index contributed by atoms with van der Waals surface area (Å²) in [5, 5.41) is 16.6. The van der Waals surface area contributed by atoms with E-state index in [1.165, 1.54) is 0 Å². The average Bonchev–Trinajstić information content (AvgIpc) is 2.84. The van der Waals surface area contributed by atoms with Gasteiger partial charge in [-0.05, 0) is 29.7 Å². The minimum Gasteiger partial charge on any atom is -0.384 e. The van der Waals surface area contributed by atoms with Crippen LogP contribution in [0, 0.1) is 5.82 Å². The maximum atomic E-state index is 14.1. The van der Waals surface area contributed by atoms with Crippen molar-refractivity contribution >= 4 is 17.3 Å². The Morgan fingerprint density at radius 2 is 2.29 bits per heavy atom. The first-order valence-electron chi connectivity index (χ1n) is 5.26. The lowest BCUT2D eigenvalue weighted by atomic mass is 9.98. The van der Waals surface area contributed by atoms with E-state index in [4.69, 9.17) is 11.6 Å². The molecule has 7 heteroatoms. The van der Waals surface area contributed by atoms with Crippen LogP contribution in [0.25, 0.3) is 11.4 Å². The van der Waals surface area contributed by atoms with Crippen molar-refractivity contribution in [3.63, 3.8) is 0 Å². The van der Waals surface area contributed by atoms with Crippen LogP contribution >= 0.6 is 11.6 Å². The van der Waals surface area contributed by atoms with Gasteiger partial charge < -0.3 is 5.32 Å². The molecule has 0 saturated heterocycles. The molecule has 2 heterocycles.